The molecule has 3 N–H and O–H groups in total. The maximum absolute atomic E-state index is 6.11. The second-order valence-corrected chi connectivity index (χ2v) is 4.95. The highest BCUT2D eigenvalue weighted by molar-refractivity contribution is 6.37. The summed E-state index contributed by atoms with van der Waals surface area (Å²) in [4.78, 5) is 4.42. The van der Waals surface area contributed by atoms with E-state index in [1.807, 2.05) is 0 Å². The minimum absolute atomic E-state index is 0.417. The Hall–Kier alpha value is -1.26. The maximum Gasteiger partial charge on any atom is 0.184 e. The number of nitrogens with zero attached hydrogens (tertiary/aromatic N) is 2. The zero-order valence-electron chi connectivity index (χ0n) is 8.87. The van der Waals surface area contributed by atoms with E-state index in [0.717, 1.165) is 18.7 Å². The summed E-state index contributed by atoms with van der Waals surface area (Å²) in [6.07, 6.45) is 2.32. The van der Waals surface area contributed by atoms with E-state index in [1.165, 1.54) is 0 Å². The van der Waals surface area contributed by atoms with Gasteiger partial charge >= 0.3 is 0 Å². The van der Waals surface area contributed by atoms with Crippen molar-refractivity contribution in [1.29, 1.82) is 0 Å². The van der Waals surface area contributed by atoms with Crippen LogP contribution in [0.5, 0.6) is 0 Å². The molecule has 0 spiro atoms. The number of nitrogens with one attached hydrogen (secondary N) is 1. The quantitative estimate of drug-likeness (QED) is 0.822. The van der Waals surface area contributed by atoms with E-state index in [-0.39, 0.29) is 0 Å². The summed E-state index contributed by atoms with van der Waals surface area (Å²) in [7, 11) is 0. The van der Waals surface area contributed by atoms with Crippen molar-refractivity contribution >= 4 is 28.9 Å². The van der Waals surface area contributed by atoms with E-state index < -0.39 is 0 Å². The van der Waals surface area contributed by atoms with Crippen molar-refractivity contribution in [2.24, 2.45) is 0 Å². The number of nitrogens with two attached hydrogens (primary N) is 1. The molecule has 17 heavy (non-hydrogen) atoms. The Labute approximate surface area is 108 Å². The predicted molar refractivity (Wildman–Crippen MR) is 68.2 cm³/mol. The van der Waals surface area contributed by atoms with Crippen LogP contribution in [-0.4, -0.2) is 15.2 Å². The zero-order valence-corrected chi connectivity index (χ0v) is 10.4. The van der Waals surface area contributed by atoms with Gasteiger partial charge in [0.2, 0.25) is 0 Å². The van der Waals surface area contributed by atoms with Crippen LogP contribution in [0.25, 0.3) is 11.4 Å². The van der Waals surface area contributed by atoms with Crippen molar-refractivity contribution in [3.05, 3.63) is 28.0 Å². The Morgan fingerprint density at radius 1 is 1.24 bits per heavy atom. The Balaban J connectivity index is 2.10. The van der Waals surface area contributed by atoms with Crippen LogP contribution in [0.4, 0.5) is 5.69 Å². The molecular weight excluding hydrogens is 259 g/mol. The predicted octanol–water partition coefficient (Wildman–Crippen LogP) is 3.24. The van der Waals surface area contributed by atoms with Gasteiger partial charge in [-0.05, 0) is 25.0 Å². The average molecular weight is 269 g/mol. The first-order chi connectivity index (χ1) is 8.16. The number of anilines is 1. The summed E-state index contributed by atoms with van der Waals surface area (Å²) in [5.41, 5.74) is 6.92. The maximum atomic E-state index is 6.11. The molecule has 2 aromatic rings. The molecule has 1 saturated carbocycles. The number of hydrogen-bond acceptors (Lipinski definition) is 3. The van der Waals surface area contributed by atoms with Crippen LogP contribution in [0.1, 0.15) is 24.6 Å². The lowest BCUT2D eigenvalue weighted by molar-refractivity contribution is 0.935. The second kappa shape index (κ2) is 3.89. The minimum atomic E-state index is 0.417. The SMILES string of the molecule is Nc1c(Cl)ccc(Cl)c1-c1n[nH]c(C2CC2)n1. The van der Waals surface area contributed by atoms with E-state index in [9.17, 15) is 0 Å². The third-order valence-electron chi connectivity index (χ3n) is 2.83. The molecule has 0 saturated heterocycles. The highest BCUT2D eigenvalue weighted by Gasteiger charge is 2.28. The van der Waals surface area contributed by atoms with Gasteiger partial charge in [-0.25, -0.2) is 4.98 Å². The number of aromatic amines is 1. The van der Waals surface area contributed by atoms with Crippen LogP contribution >= 0.6 is 23.2 Å². The van der Waals surface area contributed by atoms with Gasteiger partial charge < -0.3 is 5.73 Å². The van der Waals surface area contributed by atoms with E-state index in [2.05, 4.69) is 15.2 Å². The molecular formula is C11H10Cl2N4. The normalized spacial score (nSPS) is 15.2. The van der Waals surface area contributed by atoms with E-state index >= 15 is 0 Å². The van der Waals surface area contributed by atoms with Crippen LogP contribution in [0.3, 0.4) is 0 Å². The Morgan fingerprint density at radius 2 is 1.94 bits per heavy atom. The molecule has 0 atom stereocenters. The monoisotopic (exact) mass is 268 g/mol. The standard InChI is InChI=1S/C11H10Cl2N4/c12-6-3-4-7(13)9(14)8(6)11-15-10(16-17-11)5-1-2-5/h3-5H,1-2,14H2,(H,15,16,17). The molecule has 0 bridgehead atoms. The van der Waals surface area contributed by atoms with Gasteiger partial charge in [-0.3, -0.25) is 5.10 Å². The molecule has 1 aliphatic rings. The molecule has 6 heteroatoms. The molecule has 3 rings (SSSR count). The van der Waals surface area contributed by atoms with Gasteiger partial charge in [0, 0.05) is 5.92 Å². The van der Waals surface area contributed by atoms with E-state index in [0.29, 0.717) is 33.0 Å². The van der Waals surface area contributed by atoms with Gasteiger partial charge in [-0.15, -0.1) is 0 Å². The summed E-state index contributed by atoms with van der Waals surface area (Å²) in [5.74, 6) is 1.92. The molecule has 88 valence electrons. The fourth-order valence-corrected chi connectivity index (χ4v) is 2.13. The highest BCUT2D eigenvalue weighted by atomic mass is 35.5. The van der Waals surface area contributed by atoms with Crippen molar-refractivity contribution < 1.29 is 0 Å². The number of rotatable bonds is 2. The molecule has 1 fully saturated rings. The molecule has 4 nitrogen and oxygen atoms in total. The van der Waals surface area contributed by atoms with Gasteiger partial charge in [0.1, 0.15) is 5.82 Å². The van der Waals surface area contributed by atoms with Gasteiger partial charge in [0.05, 0.1) is 21.3 Å². The zero-order chi connectivity index (χ0) is 12.0. The molecule has 0 radical (unpaired) electrons. The van der Waals surface area contributed by atoms with Crippen LogP contribution in [0.2, 0.25) is 10.0 Å². The lowest BCUT2D eigenvalue weighted by Crippen LogP contribution is -1.94. The van der Waals surface area contributed by atoms with Crippen molar-refractivity contribution in [2.45, 2.75) is 18.8 Å². The molecule has 0 unspecified atom stereocenters. The number of aromatic nitrogens is 3. The van der Waals surface area contributed by atoms with Crippen LogP contribution in [-0.2, 0) is 0 Å². The first-order valence-electron chi connectivity index (χ1n) is 5.33. The molecule has 0 aliphatic heterocycles. The summed E-state index contributed by atoms with van der Waals surface area (Å²) in [6, 6.07) is 3.36. The van der Waals surface area contributed by atoms with E-state index in [1.54, 1.807) is 12.1 Å². The van der Waals surface area contributed by atoms with Crippen molar-refractivity contribution in [3.63, 3.8) is 0 Å². The summed E-state index contributed by atoms with van der Waals surface area (Å²) < 4.78 is 0. The van der Waals surface area contributed by atoms with Crippen LogP contribution in [0, 0.1) is 0 Å². The van der Waals surface area contributed by atoms with Gasteiger partial charge in [0.25, 0.3) is 0 Å². The van der Waals surface area contributed by atoms with Gasteiger partial charge in [0.15, 0.2) is 5.82 Å². The van der Waals surface area contributed by atoms with Crippen molar-refractivity contribution in [2.75, 3.05) is 5.73 Å². The first-order valence-corrected chi connectivity index (χ1v) is 6.08. The lowest BCUT2D eigenvalue weighted by Gasteiger charge is -2.05. The topological polar surface area (TPSA) is 67.6 Å². The lowest BCUT2D eigenvalue weighted by atomic mass is 10.1. The number of halogens is 2. The molecule has 1 heterocycles. The molecule has 1 aliphatic carbocycles. The Morgan fingerprint density at radius 3 is 2.65 bits per heavy atom. The minimum Gasteiger partial charge on any atom is -0.397 e. The van der Waals surface area contributed by atoms with Crippen molar-refractivity contribution in [3.8, 4) is 11.4 Å². The Bertz CT molecular complexity index is 575. The summed E-state index contributed by atoms with van der Waals surface area (Å²) >= 11 is 12.1. The molecule has 1 aromatic heterocycles. The first kappa shape index (κ1) is 10.9. The van der Waals surface area contributed by atoms with Gasteiger partial charge in [-0.2, -0.15) is 5.10 Å². The van der Waals surface area contributed by atoms with E-state index in [4.69, 9.17) is 28.9 Å². The fourth-order valence-electron chi connectivity index (χ4n) is 1.72. The summed E-state index contributed by atoms with van der Waals surface area (Å²) in [6.45, 7) is 0. The largest absolute Gasteiger partial charge is 0.397 e. The smallest absolute Gasteiger partial charge is 0.184 e. The molecule has 1 aromatic carbocycles. The number of H-pyrrole nitrogens is 1. The highest BCUT2D eigenvalue weighted by Crippen LogP contribution is 2.40. The molecule has 0 amide bonds. The second-order valence-electron chi connectivity index (χ2n) is 4.14. The van der Waals surface area contributed by atoms with Gasteiger partial charge in [-0.1, -0.05) is 23.2 Å². The average Bonchev–Trinajstić information content (AvgIpc) is 3.05. The van der Waals surface area contributed by atoms with Crippen molar-refractivity contribution in [1.82, 2.24) is 15.2 Å². The fraction of sp³-hybridized carbons (Fsp3) is 0.273. The Kier molecular flexibility index (Phi) is 2.49. The number of nitrogen functional groups attached to an aromatic ring is 1. The third-order valence-corrected chi connectivity index (χ3v) is 3.48. The number of benzene rings is 1. The third kappa shape index (κ3) is 1.87. The number of hydrogen-bond donors (Lipinski definition) is 2. The van der Waals surface area contributed by atoms with Crippen LogP contribution < -0.4 is 5.73 Å². The van der Waals surface area contributed by atoms with Crippen LogP contribution in [0.15, 0.2) is 12.1 Å². The summed E-state index contributed by atoms with van der Waals surface area (Å²) in [5, 5.41) is 8.04.